The lowest BCUT2D eigenvalue weighted by Gasteiger charge is -2.06. The van der Waals surface area contributed by atoms with Gasteiger partial charge in [-0.25, -0.2) is 0 Å². The van der Waals surface area contributed by atoms with E-state index in [2.05, 4.69) is 13.8 Å². The summed E-state index contributed by atoms with van der Waals surface area (Å²) in [6.07, 6.45) is 18.6. The van der Waals surface area contributed by atoms with E-state index < -0.39 is 0 Å². The van der Waals surface area contributed by atoms with Crippen LogP contribution in [-0.4, -0.2) is 11.2 Å². The van der Waals surface area contributed by atoms with Crippen molar-refractivity contribution in [3.63, 3.8) is 0 Å². The predicted molar refractivity (Wildman–Crippen MR) is 82.0 cm³/mol. The SMILES string of the molecule is CCCCCCCCCCCCCC[C@H](O)CC. The van der Waals surface area contributed by atoms with Gasteiger partial charge in [-0.3, -0.25) is 0 Å². The summed E-state index contributed by atoms with van der Waals surface area (Å²) in [5.74, 6) is 0. The Kier molecular flexibility index (Phi) is 15.0. The van der Waals surface area contributed by atoms with E-state index >= 15 is 0 Å². The number of unbranched alkanes of at least 4 members (excludes halogenated alkanes) is 11. The van der Waals surface area contributed by atoms with E-state index in [1.54, 1.807) is 0 Å². The molecule has 1 heteroatoms. The van der Waals surface area contributed by atoms with Crippen LogP contribution in [0.15, 0.2) is 0 Å². The van der Waals surface area contributed by atoms with E-state index in [4.69, 9.17) is 0 Å². The molecular weight excluding hydrogens is 220 g/mol. The fraction of sp³-hybridized carbons (Fsp3) is 1.00. The zero-order valence-electron chi connectivity index (χ0n) is 12.9. The first-order valence-corrected chi connectivity index (χ1v) is 8.49. The average Bonchev–Trinajstić information content (AvgIpc) is 2.39. The van der Waals surface area contributed by atoms with Crippen LogP contribution in [0.4, 0.5) is 0 Å². The molecule has 0 aliphatic rings. The molecule has 1 atom stereocenters. The van der Waals surface area contributed by atoms with Gasteiger partial charge in [0.1, 0.15) is 0 Å². The lowest BCUT2D eigenvalue weighted by Crippen LogP contribution is -2.03. The second kappa shape index (κ2) is 15.0. The van der Waals surface area contributed by atoms with Crippen molar-refractivity contribution in [2.45, 2.75) is 110 Å². The van der Waals surface area contributed by atoms with Crippen LogP contribution >= 0.6 is 0 Å². The van der Waals surface area contributed by atoms with Crippen LogP contribution < -0.4 is 0 Å². The van der Waals surface area contributed by atoms with E-state index in [-0.39, 0.29) is 6.10 Å². The van der Waals surface area contributed by atoms with E-state index in [1.807, 2.05) is 0 Å². The van der Waals surface area contributed by atoms with Gasteiger partial charge in [-0.2, -0.15) is 0 Å². The van der Waals surface area contributed by atoms with Gasteiger partial charge in [0.2, 0.25) is 0 Å². The third kappa shape index (κ3) is 14.0. The van der Waals surface area contributed by atoms with Crippen molar-refractivity contribution in [3.05, 3.63) is 0 Å². The van der Waals surface area contributed by atoms with E-state index in [0.29, 0.717) is 0 Å². The third-order valence-corrected chi connectivity index (χ3v) is 3.86. The number of aliphatic hydroxyl groups is 1. The minimum atomic E-state index is -0.0480. The monoisotopic (exact) mass is 256 g/mol. The highest BCUT2D eigenvalue weighted by molar-refractivity contribution is 4.53. The molecule has 1 N–H and O–H groups in total. The zero-order valence-corrected chi connectivity index (χ0v) is 12.9. The number of hydrogen-bond donors (Lipinski definition) is 1. The maximum absolute atomic E-state index is 9.42. The van der Waals surface area contributed by atoms with E-state index in [0.717, 1.165) is 12.8 Å². The van der Waals surface area contributed by atoms with Crippen LogP contribution in [0.5, 0.6) is 0 Å². The molecule has 0 radical (unpaired) electrons. The van der Waals surface area contributed by atoms with Gasteiger partial charge >= 0.3 is 0 Å². The molecule has 0 saturated carbocycles. The summed E-state index contributed by atoms with van der Waals surface area (Å²) in [4.78, 5) is 0. The molecule has 0 saturated heterocycles. The molecular formula is C17H36O. The molecule has 1 nitrogen and oxygen atoms in total. The molecule has 0 bridgehead atoms. The minimum Gasteiger partial charge on any atom is -0.393 e. The highest BCUT2D eigenvalue weighted by Gasteiger charge is 1.99. The van der Waals surface area contributed by atoms with Crippen molar-refractivity contribution in [2.75, 3.05) is 0 Å². The largest absolute Gasteiger partial charge is 0.393 e. The molecule has 0 aromatic carbocycles. The Balaban J connectivity index is 2.94. The first kappa shape index (κ1) is 18.0. The van der Waals surface area contributed by atoms with Crippen molar-refractivity contribution in [1.29, 1.82) is 0 Å². The molecule has 0 spiro atoms. The number of rotatable bonds is 14. The molecule has 0 rings (SSSR count). The highest BCUT2D eigenvalue weighted by Crippen LogP contribution is 2.13. The summed E-state index contributed by atoms with van der Waals surface area (Å²) < 4.78 is 0. The van der Waals surface area contributed by atoms with Crippen molar-refractivity contribution >= 4 is 0 Å². The third-order valence-electron chi connectivity index (χ3n) is 3.86. The van der Waals surface area contributed by atoms with Crippen LogP contribution in [0.3, 0.4) is 0 Å². The topological polar surface area (TPSA) is 20.2 Å². The maximum Gasteiger partial charge on any atom is 0.0537 e. The summed E-state index contributed by atoms with van der Waals surface area (Å²) in [6.45, 7) is 4.34. The van der Waals surface area contributed by atoms with Crippen LogP contribution in [0.1, 0.15) is 104 Å². The van der Waals surface area contributed by atoms with Crippen LogP contribution in [0, 0.1) is 0 Å². The average molecular weight is 256 g/mol. The lowest BCUT2D eigenvalue weighted by atomic mass is 10.0. The molecule has 0 aliphatic heterocycles. The lowest BCUT2D eigenvalue weighted by molar-refractivity contribution is 0.156. The molecule has 0 aromatic heterocycles. The Bertz CT molecular complexity index is 145. The summed E-state index contributed by atoms with van der Waals surface area (Å²) >= 11 is 0. The van der Waals surface area contributed by atoms with Gasteiger partial charge in [0.05, 0.1) is 6.10 Å². The Morgan fingerprint density at radius 3 is 1.39 bits per heavy atom. The van der Waals surface area contributed by atoms with Crippen molar-refractivity contribution in [2.24, 2.45) is 0 Å². The molecule has 0 amide bonds. The molecule has 0 aromatic rings. The molecule has 18 heavy (non-hydrogen) atoms. The van der Waals surface area contributed by atoms with Gasteiger partial charge in [-0.1, -0.05) is 90.9 Å². The summed E-state index contributed by atoms with van der Waals surface area (Å²) in [6, 6.07) is 0. The second-order valence-corrected chi connectivity index (χ2v) is 5.74. The number of hydrogen-bond acceptors (Lipinski definition) is 1. The Labute approximate surface area is 115 Å². The maximum atomic E-state index is 9.42. The van der Waals surface area contributed by atoms with Gasteiger partial charge in [-0.05, 0) is 12.8 Å². The summed E-state index contributed by atoms with van der Waals surface area (Å²) in [5, 5.41) is 9.42. The summed E-state index contributed by atoms with van der Waals surface area (Å²) in [5.41, 5.74) is 0. The summed E-state index contributed by atoms with van der Waals surface area (Å²) in [7, 11) is 0. The second-order valence-electron chi connectivity index (χ2n) is 5.74. The molecule has 110 valence electrons. The van der Waals surface area contributed by atoms with Crippen LogP contribution in [-0.2, 0) is 0 Å². The van der Waals surface area contributed by atoms with Crippen LogP contribution in [0.2, 0.25) is 0 Å². The van der Waals surface area contributed by atoms with Gasteiger partial charge in [0, 0.05) is 0 Å². The molecule has 0 fully saturated rings. The van der Waals surface area contributed by atoms with E-state index in [9.17, 15) is 5.11 Å². The Morgan fingerprint density at radius 2 is 1.00 bits per heavy atom. The smallest absolute Gasteiger partial charge is 0.0537 e. The Morgan fingerprint density at radius 1 is 0.611 bits per heavy atom. The van der Waals surface area contributed by atoms with Gasteiger partial charge in [0.15, 0.2) is 0 Å². The van der Waals surface area contributed by atoms with E-state index in [1.165, 1.54) is 77.0 Å². The minimum absolute atomic E-state index is 0.0480. The standard InChI is InChI=1S/C17H36O/c1-3-5-6-7-8-9-10-11-12-13-14-15-16-17(18)4-2/h17-18H,3-16H2,1-2H3/t17-/m1/s1. The first-order valence-electron chi connectivity index (χ1n) is 8.49. The van der Waals surface area contributed by atoms with Gasteiger partial charge < -0.3 is 5.11 Å². The predicted octanol–water partition coefficient (Wildman–Crippen LogP) is 5.85. The normalized spacial score (nSPS) is 12.8. The van der Waals surface area contributed by atoms with Crippen molar-refractivity contribution in [3.8, 4) is 0 Å². The highest BCUT2D eigenvalue weighted by atomic mass is 16.3. The fourth-order valence-corrected chi connectivity index (χ4v) is 2.43. The fourth-order valence-electron chi connectivity index (χ4n) is 2.43. The molecule has 0 heterocycles. The van der Waals surface area contributed by atoms with Gasteiger partial charge in [0.25, 0.3) is 0 Å². The molecule has 0 unspecified atom stereocenters. The van der Waals surface area contributed by atoms with Crippen LogP contribution in [0.25, 0.3) is 0 Å². The van der Waals surface area contributed by atoms with Crippen molar-refractivity contribution in [1.82, 2.24) is 0 Å². The number of aliphatic hydroxyl groups excluding tert-OH is 1. The first-order chi connectivity index (χ1) is 8.81. The Hall–Kier alpha value is -0.0400. The van der Waals surface area contributed by atoms with Gasteiger partial charge in [-0.15, -0.1) is 0 Å². The zero-order chi connectivity index (χ0) is 13.5. The molecule has 0 aliphatic carbocycles. The van der Waals surface area contributed by atoms with Crippen molar-refractivity contribution < 1.29 is 5.11 Å². The quantitative estimate of drug-likeness (QED) is 0.387.